The topological polar surface area (TPSA) is 33.0 Å². The second-order valence-corrected chi connectivity index (χ2v) is 8.13. The number of hydrogen-bond donors (Lipinski definition) is 0. The van der Waals surface area contributed by atoms with E-state index in [4.69, 9.17) is 10.00 Å². The van der Waals surface area contributed by atoms with E-state index in [-0.39, 0.29) is 0 Å². The highest BCUT2D eigenvalue weighted by atomic mass is 16.5. The summed E-state index contributed by atoms with van der Waals surface area (Å²) in [5.41, 5.74) is 0. The fraction of sp³-hybridized carbons (Fsp3) is 0.783. The molecule has 25 heavy (non-hydrogen) atoms. The summed E-state index contributed by atoms with van der Waals surface area (Å²) >= 11 is 0. The summed E-state index contributed by atoms with van der Waals surface area (Å²) in [6.07, 6.45) is 24.3. The highest BCUT2D eigenvalue weighted by Gasteiger charge is 2.24. The standard InChI is InChI=1S/C23H37NO/c1-2-3-5-8-20-10-12-22(13-11-20)19-25-23-16-14-21(15-17-23)9-6-4-7-18-24/h4,6-7,9,20-23H,2-3,5,8,10-17,19H2,1H3/b7-4+,9-6+. The van der Waals surface area contributed by atoms with Crippen LogP contribution in [0, 0.1) is 29.1 Å². The lowest BCUT2D eigenvalue weighted by molar-refractivity contribution is -0.00663. The lowest BCUT2D eigenvalue weighted by Crippen LogP contribution is -2.25. The fourth-order valence-corrected chi connectivity index (χ4v) is 4.41. The molecule has 0 aromatic rings. The molecule has 0 unspecified atom stereocenters. The van der Waals surface area contributed by atoms with Crippen molar-refractivity contribution >= 4 is 0 Å². The van der Waals surface area contributed by atoms with Gasteiger partial charge in [-0.2, -0.15) is 5.26 Å². The van der Waals surface area contributed by atoms with Crippen molar-refractivity contribution in [3.05, 3.63) is 24.3 Å². The molecule has 0 saturated heterocycles. The lowest BCUT2D eigenvalue weighted by Gasteiger charge is -2.31. The number of unbranched alkanes of at least 4 members (excludes halogenated alkanes) is 2. The summed E-state index contributed by atoms with van der Waals surface area (Å²) in [5.74, 6) is 2.48. The number of nitriles is 1. The minimum absolute atomic E-state index is 0.488. The molecule has 0 radical (unpaired) electrons. The van der Waals surface area contributed by atoms with E-state index in [2.05, 4.69) is 13.0 Å². The first-order valence-electron chi connectivity index (χ1n) is 10.7. The highest BCUT2D eigenvalue weighted by Crippen LogP contribution is 2.33. The summed E-state index contributed by atoms with van der Waals surface area (Å²) in [6, 6.07) is 2.02. The maximum Gasteiger partial charge on any atom is 0.0912 e. The van der Waals surface area contributed by atoms with Crippen LogP contribution < -0.4 is 0 Å². The Balaban J connectivity index is 1.54. The molecule has 0 atom stereocenters. The van der Waals surface area contributed by atoms with Crippen LogP contribution in [0.5, 0.6) is 0 Å². The Hall–Kier alpha value is -1.07. The van der Waals surface area contributed by atoms with Crippen molar-refractivity contribution in [2.45, 2.75) is 90.1 Å². The summed E-state index contributed by atoms with van der Waals surface area (Å²) in [6.45, 7) is 3.29. The molecule has 0 aromatic heterocycles. The molecule has 2 aliphatic carbocycles. The molecule has 0 aliphatic heterocycles. The zero-order chi connectivity index (χ0) is 17.7. The third kappa shape index (κ3) is 8.23. The van der Waals surface area contributed by atoms with Crippen LogP contribution in [0.1, 0.15) is 84.0 Å². The number of nitrogens with zero attached hydrogens (tertiary/aromatic N) is 1. The molecule has 0 bridgehead atoms. The van der Waals surface area contributed by atoms with Gasteiger partial charge in [-0.25, -0.2) is 0 Å². The molecule has 0 aromatic carbocycles. The maximum atomic E-state index is 8.48. The van der Waals surface area contributed by atoms with E-state index in [1.54, 1.807) is 0 Å². The van der Waals surface area contributed by atoms with Crippen LogP contribution in [0.2, 0.25) is 0 Å². The molecule has 0 spiro atoms. The molecule has 0 N–H and O–H groups in total. The molecule has 2 fully saturated rings. The molecule has 140 valence electrons. The van der Waals surface area contributed by atoms with Gasteiger partial charge in [0.1, 0.15) is 0 Å². The van der Waals surface area contributed by atoms with Crippen LogP contribution in [0.15, 0.2) is 24.3 Å². The Morgan fingerprint density at radius 3 is 2.32 bits per heavy atom. The van der Waals surface area contributed by atoms with Crippen molar-refractivity contribution in [3.8, 4) is 6.07 Å². The van der Waals surface area contributed by atoms with Gasteiger partial charge in [0.2, 0.25) is 0 Å². The van der Waals surface area contributed by atoms with Crippen molar-refractivity contribution in [2.75, 3.05) is 6.61 Å². The van der Waals surface area contributed by atoms with E-state index in [9.17, 15) is 0 Å². The first kappa shape index (κ1) is 20.2. The quantitative estimate of drug-likeness (QED) is 0.269. The molecule has 2 heteroatoms. The van der Waals surface area contributed by atoms with Crippen molar-refractivity contribution < 1.29 is 4.74 Å². The zero-order valence-corrected chi connectivity index (χ0v) is 16.2. The summed E-state index contributed by atoms with van der Waals surface area (Å²) in [5, 5.41) is 8.48. The maximum absolute atomic E-state index is 8.48. The molecular weight excluding hydrogens is 306 g/mol. The highest BCUT2D eigenvalue weighted by molar-refractivity contribution is 5.12. The van der Waals surface area contributed by atoms with Gasteiger partial charge in [-0.05, 0) is 56.3 Å². The molecule has 0 amide bonds. The van der Waals surface area contributed by atoms with Crippen LogP contribution in [-0.2, 0) is 4.74 Å². The van der Waals surface area contributed by atoms with Gasteiger partial charge in [-0.15, -0.1) is 0 Å². The van der Waals surface area contributed by atoms with Gasteiger partial charge in [0, 0.05) is 12.7 Å². The van der Waals surface area contributed by atoms with Gasteiger partial charge in [-0.1, -0.05) is 63.7 Å². The van der Waals surface area contributed by atoms with Crippen LogP contribution in [0.4, 0.5) is 0 Å². The number of hydrogen-bond acceptors (Lipinski definition) is 2. The van der Waals surface area contributed by atoms with E-state index in [1.165, 1.54) is 83.1 Å². The van der Waals surface area contributed by atoms with E-state index >= 15 is 0 Å². The first-order chi connectivity index (χ1) is 12.3. The molecular formula is C23H37NO. The van der Waals surface area contributed by atoms with Crippen molar-refractivity contribution in [3.63, 3.8) is 0 Å². The third-order valence-electron chi connectivity index (χ3n) is 6.13. The fourth-order valence-electron chi connectivity index (χ4n) is 4.41. The van der Waals surface area contributed by atoms with Gasteiger partial charge in [0.25, 0.3) is 0 Å². The first-order valence-corrected chi connectivity index (χ1v) is 10.7. The van der Waals surface area contributed by atoms with Crippen molar-refractivity contribution in [1.82, 2.24) is 0 Å². The van der Waals surface area contributed by atoms with Crippen LogP contribution >= 0.6 is 0 Å². The van der Waals surface area contributed by atoms with Gasteiger partial charge in [0.05, 0.1) is 12.2 Å². The molecule has 2 rings (SSSR count). The third-order valence-corrected chi connectivity index (χ3v) is 6.13. The van der Waals surface area contributed by atoms with E-state index in [0.29, 0.717) is 12.0 Å². The predicted octanol–water partition coefficient (Wildman–Crippen LogP) is 6.58. The van der Waals surface area contributed by atoms with Gasteiger partial charge >= 0.3 is 0 Å². The number of rotatable bonds is 9. The Bertz CT molecular complexity index is 431. The van der Waals surface area contributed by atoms with Crippen LogP contribution in [0.25, 0.3) is 0 Å². The van der Waals surface area contributed by atoms with Crippen LogP contribution in [0.3, 0.4) is 0 Å². The Kier molecular flexibility index (Phi) is 9.97. The zero-order valence-electron chi connectivity index (χ0n) is 16.2. The van der Waals surface area contributed by atoms with Crippen molar-refractivity contribution in [1.29, 1.82) is 5.26 Å². The van der Waals surface area contributed by atoms with Crippen LogP contribution in [-0.4, -0.2) is 12.7 Å². The minimum atomic E-state index is 0.488. The Morgan fingerprint density at radius 1 is 0.920 bits per heavy atom. The van der Waals surface area contributed by atoms with Gasteiger partial charge in [-0.3, -0.25) is 0 Å². The number of ether oxygens (including phenoxy) is 1. The van der Waals surface area contributed by atoms with E-state index in [0.717, 1.165) is 18.4 Å². The van der Waals surface area contributed by atoms with Crippen molar-refractivity contribution in [2.24, 2.45) is 17.8 Å². The summed E-state index contributed by atoms with van der Waals surface area (Å²) in [7, 11) is 0. The number of allylic oxidation sites excluding steroid dienone is 4. The summed E-state index contributed by atoms with van der Waals surface area (Å²) in [4.78, 5) is 0. The molecule has 2 aliphatic rings. The average molecular weight is 344 g/mol. The van der Waals surface area contributed by atoms with E-state index in [1.807, 2.05) is 18.2 Å². The van der Waals surface area contributed by atoms with E-state index < -0.39 is 0 Å². The second kappa shape index (κ2) is 12.3. The average Bonchev–Trinajstić information content (AvgIpc) is 2.66. The normalized spacial score (nSPS) is 30.7. The van der Waals surface area contributed by atoms with Gasteiger partial charge in [0.15, 0.2) is 0 Å². The lowest BCUT2D eigenvalue weighted by atomic mass is 9.80. The smallest absolute Gasteiger partial charge is 0.0912 e. The molecule has 0 heterocycles. The Morgan fingerprint density at radius 2 is 1.64 bits per heavy atom. The monoisotopic (exact) mass is 343 g/mol. The SMILES string of the molecule is CCCCCC1CCC(COC2CCC(/C=C/C=C/C#N)CC2)CC1. The molecule has 2 nitrogen and oxygen atoms in total. The molecule has 2 saturated carbocycles. The largest absolute Gasteiger partial charge is 0.378 e. The Labute approximate surface area is 155 Å². The van der Waals surface area contributed by atoms with Gasteiger partial charge < -0.3 is 4.74 Å². The predicted molar refractivity (Wildman–Crippen MR) is 105 cm³/mol. The second-order valence-electron chi connectivity index (χ2n) is 8.13. The minimum Gasteiger partial charge on any atom is -0.378 e. The summed E-state index contributed by atoms with van der Waals surface area (Å²) < 4.78 is 6.27.